The van der Waals surface area contributed by atoms with Crippen molar-refractivity contribution >= 4 is 56.5 Å². The Balaban J connectivity index is 1.63. The number of rotatable bonds is 8. The maximum Gasteiger partial charge on any atom is 0.342 e. The highest BCUT2D eigenvalue weighted by atomic mass is 35.5. The third-order valence-electron chi connectivity index (χ3n) is 4.39. The Kier molecular flexibility index (Phi) is 7.45. The number of nitrogens with one attached hydrogen (secondary N) is 1. The fourth-order valence-electron chi connectivity index (χ4n) is 2.79. The van der Waals surface area contributed by atoms with Gasteiger partial charge in [0.15, 0.2) is 0 Å². The molecule has 6 nitrogen and oxygen atoms in total. The number of nitrogens with zero attached hydrogens (tertiary/aromatic N) is 1. The van der Waals surface area contributed by atoms with Gasteiger partial charge < -0.3 is 4.74 Å². The summed E-state index contributed by atoms with van der Waals surface area (Å²) >= 11 is 6.11. The zero-order chi connectivity index (χ0) is 23.1. The van der Waals surface area contributed by atoms with Crippen LogP contribution in [0.5, 0.6) is 5.75 Å². The van der Waals surface area contributed by atoms with Gasteiger partial charge in [0, 0.05) is 12.6 Å². The molecule has 0 heterocycles. The summed E-state index contributed by atoms with van der Waals surface area (Å²) in [7, 11) is -3.98. The van der Waals surface area contributed by atoms with Crippen molar-refractivity contribution in [2.24, 2.45) is 4.40 Å². The van der Waals surface area contributed by atoms with Gasteiger partial charge >= 0.3 is 16.2 Å². The minimum Gasteiger partial charge on any atom is -0.425 e. The van der Waals surface area contributed by atoms with E-state index in [4.69, 9.17) is 16.3 Å². The number of hydrogen-bond donors (Lipinski definition) is 1. The first-order valence-electron chi connectivity index (χ1n) is 9.70. The zero-order valence-corrected chi connectivity index (χ0v) is 18.9. The molecule has 0 atom stereocenters. The van der Waals surface area contributed by atoms with E-state index in [2.05, 4.69) is 15.7 Å². The van der Waals surface area contributed by atoms with Crippen molar-refractivity contribution in [2.75, 3.05) is 0 Å². The third kappa shape index (κ3) is 6.29. The maximum absolute atomic E-state index is 12.2. The highest BCUT2D eigenvalue weighted by molar-refractivity contribution is 7.88. The van der Waals surface area contributed by atoms with Crippen LogP contribution in [-0.4, -0.2) is 20.6 Å². The van der Waals surface area contributed by atoms with E-state index in [1.807, 2.05) is 36.4 Å². The molecule has 0 bridgehead atoms. The lowest BCUT2D eigenvalue weighted by molar-refractivity contribution is -0.134. The summed E-state index contributed by atoms with van der Waals surface area (Å²) in [5, 5.41) is 2.30. The molecule has 0 saturated heterocycles. The van der Waals surface area contributed by atoms with Gasteiger partial charge in [0.2, 0.25) is 0 Å². The Morgan fingerprint density at radius 3 is 2.59 bits per heavy atom. The minimum absolute atomic E-state index is 0.223. The molecular weight excluding hydrogens is 448 g/mol. The van der Waals surface area contributed by atoms with Crippen LogP contribution in [0.3, 0.4) is 0 Å². The molecule has 3 aromatic carbocycles. The second kappa shape index (κ2) is 10.3. The highest BCUT2D eigenvalue weighted by Crippen LogP contribution is 2.26. The van der Waals surface area contributed by atoms with E-state index >= 15 is 0 Å². The number of allylic oxidation sites excluding steroid dienone is 1. The van der Waals surface area contributed by atoms with Gasteiger partial charge in [0.1, 0.15) is 5.75 Å². The van der Waals surface area contributed by atoms with Crippen LogP contribution in [0.25, 0.3) is 22.5 Å². The van der Waals surface area contributed by atoms with E-state index in [1.165, 1.54) is 6.08 Å². The standard InChI is InChI=1S/C24H21ClN2O4S/c1-3-24(28)31-23-13-10-18(15-22(23)25)7-6-14-26-32(29,30)27-17(2)20-12-11-19-8-4-5-9-21(19)16-20/h4-16,27H,2-3H2,1H3. The molecule has 0 aliphatic rings. The molecular formula is C24H21ClN2O4S. The van der Waals surface area contributed by atoms with E-state index < -0.39 is 10.2 Å². The van der Waals surface area contributed by atoms with Gasteiger partial charge in [0.05, 0.1) is 10.7 Å². The number of benzene rings is 3. The molecule has 0 radical (unpaired) electrons. The van der Waals surface area contributed by atoms with Crippen molar-refractivity contribution < 1.29 is 17.9 Å². The average Bonchev–Trinajstić information content (AvgIpc) is 2.77. The minimum atomic E-state index is -3.98. The molecule has 0 unspecified atom stereocenters. The number of halogens is 1. The summed E-state index contributed by atoms with van der Waals surface area (Å²) in [6, 6.07) is 18.2. The number of ether oxygens (including phenoxy) is 1. The molecule has 3 aromatic rings. The molecule has 0 aromatic heterocycles. The first kappa shape index (κ1) is 23.2. The zero-order valence-electron chi connectivity index (χ0n) is 17.3. The lowest BCUT2D eigenvalue weighted by atomic mass is 10.1. The summed E-state index contributed by atoms with van der Waals surface area (Å²) in [6.45, 7) is 5.49. The van der Waals surface area contributed by atoms with Crippen LogP contribution in [0.15, 0.2) is 77.7 Å². The summed E-state index contributed by atoms with van der Waals surface area (Å²) in [5.74, 6) is -0.117. The molecule has 8 heteroatoms. The Morgan fingerprint density at radius 1 is 1.12 bits per heavy atom. The number of esters is 1. The number of hydrogen-bond acceptors (Lipinski definition) is 4. The normalized spacial score (nSPS) is 11.8. The van der Waals surface area contributed by atoms with E-state index in [0.29, 0.717) is 11.1 Å². The van der Waals surface area contributed by atoms with Gasteiger partial charge in [-0.25, -0.2) is 0 Å². The predicted molar refractivity (Wildman–Crippen MR) is 130 cm³/mol. The quantitative estimate of drug-likeness (QED) is 0.272. The second-order valence-corrected chi connectivity index (χ2v) is 8.52. The fourth-order valence-corrected chi connectivity index (χ4v) is 3.73. The van der Waals surface area contributed by atoms with Crippen LogP contribution in [0.4, 0.5) is 0 Å². The van der Waals surface area contributed by atoms with Crippen molar-refractivity contribution in [3.8, 4) is 5.75 Å². The van der Waals surface area contributed by atoms with Crippen molar-refractivity contribution in [2.45, 2.75) is 13.3 Å². The van der Waals surface area contributed by atoms with Gasteiger partial charge in [-0.05, 0) is 46.2 Å². The first-order chi connectivity index (χ1) is 15.3. The maximum atomic E-state index is 12.2. The summed E-state index contributed by atoms with van der Waals surface area (Å²) in [5.41, 5.74) is 1.56. The molecule has 0 spiro atoms. The third-order valence-corrected chi connectivity index (χ3v) is 5.59. The van der Waals surface area contributed by atoms with E-state index in [1.54, 1.807) is 37.3 Å². The Labute approximate surface area is 192 Å². The molecule has 0 aliphatic carbocycles. The molecule has 0 aliphatic heterocycles. The summed E-state index contributed by atoms with van der Waals surface area (Å²) < 4.78 is 35.5. The van der Waals surface area contributed by atoms with Crippen molar-refractivity contribution in [3.05, 3.63) is 89.5 Å². The Hall–Kier alpha value is -3.42. The van der Waals surface area contributed by atoms with Crippen molar-refractivity contribution in [1.29, 1.82) is 0 Å². The van der Waals surface area contributed by atoms with Crippen LogP contribution >= 0.6 is 11.6 Å². The Bertz CT molecular complexity index is 1330. The summed E-state index contributed by atoms with van der Waals surface area (Å²) in [4.78, 5) is 11.4. The Morgan fingerprint density at radius 2 is 1.88 bits per heavy atom. The number of carbonyl (C=O) groups excluding carboxylic acids is 1. The van der Waals surface area contributed by atoms with Crippen LogP contribution in [-0.2, 0) is 15.0 Å². The predicted octanol–water partition coefficient (Wildman–Crippen LogP) is 5.40. The smallest absolute Gasteiger partial charge is 0.342 e. The van der Waals surface area contributed by atoms with Crippen LogP contribution < -0.4 is 9.46 Å². The molecule has 164 valence electrons. The van der Waals surface area contributed by atoms with Crippen LogP contribution in [0, 0.1) is 0 Å². The van der Waals surface area contributed by atoms with Crippen LogP contribution in [0.2, 0.25) is 5.02 Å². The number of carbonyl (C=O) groups is 1. The van der Waals surface area contributed by atoms with E-state index in [9.17, 15) is 13.2 Å². The van der Waals surface area contributed by atoms with Crippen molar-refractivity contribution in [1.82, 2.24) is 4.72 Å². The van der Waals surface area contributed by atoms with Crippen molar-refractivity contribution in [3.63, 3.8) is 0 Å². The molecule has 0 fully saturated rings. The topological polar surface area (TPSA) is 84.8 Å². The van der Waals surface area contributed by atoms with Crippen LogP contribution in [0.1, 0.15) is 24.5 Å². The van der Waals surface area contributed by atoms with Gasteiger partial charge in [-0.15, -0.1) is 0 Å². The largest absolute Gasteiger partial charge is 0.425 e. The highest BCUT2D eigenvalue weighted by Gasteiger charge is 2.10. The fraction of sp³-hybridized carbons (Fsp3) is 0.0833. The molecule has 1 N–H and O–H groups in total. The monoisotopic (exact) mass is 468 g/mol. The number of fused-ring (bicyclic) bond motifs is 1. The van der Waals surface area contributed by atoms with Gasteiger partial charge in [-0.1, -0.05) is 73.6 Å². The molecule has 0 saturated carbocycles. The second-order valence-electron chi connectivity index (χ2n) is 6.75. The SMILES string of the molecule is C=C(NS(=O)(=O)N=CC=Cc1ccc(OC(=O)CC)c(Cl)c1)c1ccc2ccccc2c1. The lowest BCUT2D eigenvalue weighted by Crippen LogP contribution is -2.19. The molecule has 3 rings (SSSR count). The van der Waals surface area contributed by atoms with Gasteiger partial charge in [-0.3, -0.25) is 9.52 Å². The molecule has 0 amide bonds. The average molecular weight is 469 g/mol. The summed E-state index contributed by atoms with van der Waals surface area (Å²) in [6.07, 6.45) is 4.47. The van der Waals surface area contributed by atoms with E-state index in [-0.39, 0.29) is 28.9 Å². The lowest BCUT2D eigenvalue weighted by Gasteiger charge is -2.08. The molecule has 32 heavy (non-hydrogen) atoms. The first-order valence-corrected chi connectivity index (χ1v) is 11.5. The van der Waals surface area contributed by atoms with Gasteiger partial charge in [-0.2, -0.15) is 12.8 Å². The van der Waals surface area contributed by atoms with E-state index in [0.717, 1.165) is 17.0 Å². The van der Waals surface area contributed by atoms with Gasteiger partial charge in [0.25, 0.3) is 0 Å².